The minimum Gasteiger partial charge on any atom is -0.274 e. The maximum absolute atomic E-state index is 12.4. The summed E-state index contributed by atoms with van der Waals surface area (Å²) in [5, 5.41) is 0. The van der Waals surface area contributed by atoms with E-state index in [2.05, 4.69) is 0 Å². The smallest absolute Gasteiger partial charge is 0.274 e. The molecule has 0 bridgehead atoms. The molecule has 2 amide bonds. The lowest BCUT2D eigenvalue weighted by Gasteiger charge is -2.30. The Hall–Kier alpha value is -1.11. The monoisotopic (exact) mass is 292 g/mol. The molecule has 0 fully saturated rings. The van der Waals surface area contributed by atoms with Gasteiger partial charge < -0.3 is 0 Å². The molecule has 0 atom stereocenters. The summed E-state index contributed by atoms with van der Waals surface area (Å²) in [6, 6.07) is 0. The Morgan fingerprint density at radius 1 is 0.947 bits per heavy atom. The molecular weight excluding hydrogens is 268 g/mol. The van der Waals surface area contributed by atoms with Crippen molar-refractivity contribution in [3.63, 3.8) is 0 Å². The highest BCUT2D eigenvalue weighted by atomic mass is 32.2. The molecule has 0 aromatic carbocycles. The Kier molecular flexibility index (Phi) is 7.04. The number of nitrogens with zero attached hydrogens (tertiary/aromatic N) is 2. The summed E-state index contributed by atoms with van der Waals surface area (Å²) in [5.41, 5.74) is 0. The molecule has 0 spiro atoms. The van der Waals surface area contributed by atoms with Gasteiger partial charge in [0.05, 0.1) is 0 Å². The Bertz CT molecular complexity index is 417. The summed E-state index contributed by atoms with van der Waals surface area (Å²) in [7, 11) is -4.06. The summed E-state index contributed by atoms with van der Waals surface area (Å²) >= 11 is 0. The van der Waals surface area contributed by atoms with Crippen molar-refractivity contribution in [2.24, 2.45) is 5.92 Å². The fraction of sp³-hybridized carbons (Fsp3) is 0.833. The Morgan fingerprint density at radius 3 is 1.68 bits per heavy atom. The van der Waals surface area contributed by atoms with Crippen molar-refractivity contribution in [2.45, 2.75) is 47.5 Å². The molecule has 7 heteroatoms. The molecule has 0 saturated heterocycles. The van der Waals surface area contributed by atoms with Gasteiger partial charge in [-0.1, -0.05) is 27.7 Å². The van der Waals surface area contributed by atoms with Crippen LogP contribution in [0.2, 0.25) is 0 Å². The molecule has 0 heterocycles. The fourth-order valence-electron chi connectivity index (χ4n) is 1.60. The third-order valence-electron chi connectivity index (χ3n) is 2.54. The van der Waals surface area contributed by atoms with Gasteiger partial charge in [-0.2, -0.15) is 8.42 Å². The fourth-order valence-corrected chi connectivity index (χ4v) is 3.42. The first-order valence-corrected chi connectivity index (χ1v) is 7.97. The molecule has 0 saturated carbocycles. The van der Waals surface area contributed by atoms with Crippen LogP contribution in [0.1, 0.15) is 47.5 Å². The van der Waals surface area contributed by atoms with Gasteiger partial charge in [-0.25, -0.2) is 8.61 Å². The molecule has 0 unspecified atom stereocenters. The van der Waals surface area contributed by atoms with E-state index >= 15 is 0 Å². The molecule has 0 rings (SSSR count). The van der Waals surface area contributed by atoms with Crippen LogP contribution in [-0.4, -0.2) is 41.9 Å². The van der Waals surface area contributed by atoms with E-state index in [4.69, 9.17) is 0 Å². The van der Waals surface area contributed by atoms with Crippen LogP contribution in [0.4, 0.5) is 0 Å². The largest absolute Gasteiger partial charge is 0.330 e. The van der Waals surface area contributed by atoms with Crippen molar-refractivity contribution in [1.29, 1.82) is 0 Å². The van der Waals surface area contributed by atoms with Gasteiger partial charge in [0, 0.05) is 25.9 Å². The Labute approximate surface area is 115 Å². The zero-order valence-electron chi connectivity index (χ0n) is 12.3. The van der Waals surface area contributed by atoms with Crippen LogP contribution in [0.5, 0.6) is 0 Å². The first-order valence-electron chi connectivity index (χ1n) is 6.58. The number of hydrogen-bond donors (Lipinski definition) is 0. The van der Waals surface area contributed by atoms with Crippen molar-refractivity contribution in [3.05, 3.63) is 0 Å². The normalized spacial score (nSPS) is 11.5. The minimum atomic E-state index is -4.06. The maximum atomic E-state index is 12.4. The lowest BCUT2D eigenvalue weighted by Crippen LogP contribution is -2.49. The predicted molar refractivity (Wildman–Crippen MR) is 73.4 cm³/mol. The highest BCUT2D eigenvalue weighted by molar-refractivity contribution is 7.87. The van der Waals surface area contributed by atoms with E-state index in [-0.39, 0.29) is 31.8 Å². The standard InChI is InChI=1S/C12H24N2O4S/c1-6-11(15)13(8-3)19(17,18)14(9-10(4)5)12(16)7-2/h10H,6-9H2,1-5H3. The van der Waals surface area contributed by atoms with Crippen molar-refractivity contribution in [3.8, 4) is 0 Å². The zero-order chi connectivity index (χ0) is 15.2. The quantitative estimate of drug-likeness (QED) is 0.710. The molecule has 19 heavy (non-hydrogen) atoms. The second-order valence-corrected chi connectivity index (χ2v) is 6.37. The molecule has 0 aromatic rings. The number of carbonyl (C=O) groups is 2. The van der Waals surface area contributed by atoms with E-state index in [1.807, 2.05) is 13.8 Å². The average molecular weight is 292 g/mol. The third-order valence-corrected chi connectivity index (χ3v) is 4.46. The van der Waals surface area contributed by atoms with Gasteiger partial charge in [0.1, 0.15) is 0 Å². The minimum absolute atomic E-state index is 0.000657. The van der Waals surface area contributed by atoms with E-state index < -0.39 is 22.0 Å². The molecule has 0 N–H and O–H groups in total. The summed E-state index contributed by atoms with van der Waals surface area (Å²) in [4.78, 5) is 23.5. The summed E-state index contributed by atoms with van der Waals surface area (Å²) in [6.45, 7) is 8.53. The third kappa shape index (κ3) is 4.49. The van der Waals surface area contributed by atoms with Gasteiger partial charge in [0.15, 0.2) is 0 Å². The van der Waals surface area contributed by atoms with Crippen LogP contribution in [-0.2, 0) is 19.8 Å². The van der Waals surface area contributed by atoms with Gasteiger partial charge in [-0.05, 0) is 12.8 Å². The van der Waals surface area contributed by atoms with Crippen molar-refractivity contribution < 1.29 is 18.0 Å². The Balaban J connectivity index is 5.50. The molecule has 0 radical (unpaired) electrons. The number of hydrogen-bond acceptors (Lipinski definition) is 4. The molecule has 112 valence electrons. The first kappa shape index (κ1) is 17.9. The van der Waals surface area contributed by atoms with E-state index in [9.17, 15) is 18.0 Å². The second kappa shape index (κ2) is 7.47. The molecule has 0 aliphatic heterocycles. The molecular formula is C12H24N2O4S. The van der Waals surface area contributed by atoms with Crippen molar-refractivity contribution in [1.82, 2.24) is 8.61 Å². The van der Waals surface area contributed by atoms with Crippen LogP contribution in [0.15, 0.2) is 0 Å². The zero-order valence-corrected chi connectivity index (χ0v) is 13.2. The second-order valence-electron chi connectivity index (χ2n) is 4.59. The highest BCUT2D eigenvalue weighted by Gasteiger charge is 2.34. The summed E-state index contributed by atoms with van der Waals surface area (Å²) in [5.74, 6) is -0.989. The van der Waals surface area contributed by atoms with Gasteiger partial charge in [-0.3, -0.25) is 9.59 Å². The topological polar surface area (TPSA) is 74.8 Å². The van der Waals surface area contributed by atoms with Crippen LogP contribution in [0.25, 0.3) is 0 Å². The van der Waals surface area contributed by atoms with E-state index in [0.717, 1.165) is 8.61 Å². The predicted octanol–water partition coefficient (Wildman–Crippen LogP) is 1.38. The van der Waals surface area contributed by atoms with Gasteiger partial charge >= 0.3 is 10.2 Å². The molecule has 6 nitrogen and oxygen atoms in total. The number of amides is 2. The first-order chi connectivity index (χ1) is 8.72. The maximum Gasteiger partial charge on any atom is 0.330 e. The van der Waals surface area contributed by atoms with Gasteiger partial charge in [-0.15, -0.1) is 0 Å². The van der Waals surface area contributed by atoms with Gasteiger partial charge in [0.25, 0.3) is 0 Å². The highest BCUT2D eigenvalue weighted by Crippen LogP contribution is 2.14. The van der Waals surface area contributed by atoms with Crippen LogP contribution in [0, 0.1) is 5.92 Å². The SMILES string of the molecule is CCC(=O)N(CC)S(=O)(=O)N(CC(C)C)C(=O)CC. The molecule has 0 aliphatic carbocycles. The lowest BCUT2D eigenvalue weighted by molar-refractivity contribution is -0.127. The van der Waals surface area contributed by atoms with E-state index in [0.29, 0.717) is 0 Å². The number of carbonyl (C=O) groups excluding carboxylic acids is 2. The number of rotatable bonds is 7. The van der Waals surface area contributed by atoms with Crippen LogP contribution in [0.3, 0.4) is 0 Å². The van der Waals surface area contributed by atoms with E-state index in [1.54, 1.807) is 20.8 Å². The molecule has 0 aliphatic rings. The average Bonchev–Trinajstić information content (AvgIpc) is 2.34. The van der Waals surface area contributed by atoms with Crippen molar-refractivity contribution in [2.75, 3.05) is 13.1 Å². The van der Waals surface area contributed by atoms with Crippen LogP contribution >= 0.6 is 0 Å². The summed E-state index contributed by atoms with van der Waals surface area (Å²) < 4.78 is 26.4. The summed E-state index contributed by atoms with van der Waals surface area (Å²) in [6.07, 6.45) is 0.173. The lowest BCUT2D eigenvalue weighted by atomic mass is 10.2. The van der Waals surface area contributed by atoms with Crippen LogP contribution < -0.4 is 0 Å². The Morgan fingerprint density at radius 2 is 1.37 bits per heavy atom. The van der Waals surface area contributed by atoms with Gasteiger partial charge in [0.2, 0.25) is 11.8 Å². The van der Waals surface area contributed by atoms with Crippen molar-refractivity contribution >= 4 is 22.0 Å². The molecule has 0 aromatic heterocycles. The van der Waals surface area contributed by atoms with E-state index in [1.165, 1.54) is 0 Å².